The molecule has 0 radical (unpaired) electrons. The summed E-state index contributed by atoms with van der Waals surface area (Å²) in [4.78, 5) is 0. The lowest BCUT2D eigenvalue weighted by atomic mass is 9.79. The Balaban J connectivity index is 2.63. The fourth-order valence-corrected chi connectivity index (χ4v) is 1.42. The molecule has 0 saturated heterocycles. The van der Waals surface area contributed by atoms with Crippen molar-refractivity contribution >= 4 is 12.6 Å². The summed E-state index contributed by atoms with van der Waals surface area (Å²) in [5.74, 6) is 0.960. The fraction of sp³-hybridized carbons (Fsp3) is 0.500. The van der Waals surface area contributed by atoms with Crippen LogP contribution in [-0.2, 0) is 4.74 Å². The topological polar surface area (TPSA) is 68.2 Å². The van der Waals surface area contributed by atoms with Gasteiger partial charge in [-0.25, -0.2) is 0 Å². The predicted octanol–water partition coefficient (Wildman–Crippen LogP) is 0.179. The molecule has 100 valence electrons. The van der Waals surface area contributed by atoms with Crippen LogP contribution in [0.4, 0.5) is 0 Å². The Morgan fingerprint density at radius 3 is 2.50 bits per heavy atom. The van der Waals surface area contributed by atoms with Crippen LogP contribution < -0.4 is 14.9 Å². The minimum atomic E-state index is -1.60. The van der Waals surface area contributed by atoms with Crippen molar-refractivity contribution < 1.29 is 24.3 Å². The molecule has 0 bridgehead atoms. The fourth-order valence-electron chi connectivity index (χ4n) is 1.42. The molecule has 0 unspecified atom stereocenters. The minimum absolute atomic E-state index is 0.146. The number of hydrogen-bond donors (Lipinski definition) is 2. The van der Waals surface area contributed by atoms with Crippen molar-refractivity contribution in [2.24, 2.45) is 0 Å². The smallest absolute Gasteiger partial charge is 0.492 e. The van der Waals surface area contributed by atoms with Gasteiger partial charge >= 0.3 is 7.12 Å². The molecule has 0 aliphatic carbocycles. The highest BCUT2D eigenvalue weighted by Crippen LogP contribution is 2.15. The van der Waals surface area contributed by atoms with Gasteiger partial charge < -0.3 is 24.3 Å². The van der Waals surface area contributed by atoms with E-state index in [9.17, 15) is 10.0 Å². The summed E-state index contributed by atoms with van der Waals surface area (Å²) in [7, 11) is -0.0824. The second-order valence-electron chi connectivity index (χ2n) is 4.05. The van der Waals surface area contributed by atoms with Crippen molar-refractivity contribution in [3.05, 3.63) is 18.2 Å². The van der Waals surface area contributed by atoms with Crippen molar-refractivity contribution in [2.75, 3.05) is 20.3 Å². The number of rotatable bonds is 7. The van der Waals surface area contributed by atoms with Crippen molar-refractivity contribution in [3.63, 3.8) is 0 Å². The van der Waals surface area contributed by atoms with E-state index in [2.05, 4.69) is 0 Å². The Hall–Kier alpha value is -1.24. The van der Waals surface area contributed by atoms with E-state index in [4.69, 9.17) is 14.2 Å². The van der Waals surface area contributed by atoms with Crippen LogP contribution in [-0.4, -0.2) is 43.6 Å². The zero-order valence-corrected chi connectivity index (χ0v) is 10.9. The van der Waals surface area contributed by atoms with Crippen LogP contribution in [0.25, 0.3) is 0 Å². The Morgan fingerprint density at radius 2 is 1.94 bits per heavy atom. The molecule has 5 nitrogen and oxygen atoms in total. The van der Waals surface area contributed by atoms with Crippen molar-refractivity contribution in [3.8, 4) is 11.5 Å². The molecule has 2 N–H and O–H groups in total. The average Bonchev–Trinajstić information content (AvgIpc) is 2.34. The molecule has 0 amide bonds. The van der Waals surface area contributed by atoms with Gasteiger partial charge in [0.1, 0.15) is 18.1 Å². The van der Waals surface area contributed by atoms with E-state index >= 15 is 0 Å². The summed E-state index contributed by atoms with van der Waals surface area (Å²) in [6, 6.07) is 4.87. The van der Waals surface area contributed by atoms with Crippen LogP contribution in [0, 0.1) is 0 Å². The van der Waals surface area contributed by atoms with Crippen LogP contribution in [0.15, 0.2) is 18.2 Å². The van der Waals surface area contributed by atoms with Gasteiger partial charge in [-0.3, -0.25) is 0 Å². The highest BCUT2D eigenvalue weighted by Gasteiger charge is 2.18. The number of methoxy groups -OCH3 is 1. The number of benzene rings is 1. The molecule has 0 aliphatic rings. The molecule has 1 aromatic carbocycles. The second-order valence-corrected chi connectivity index (χ2v) is 4.05. The van der Waals surface area contributed by atoms with E-state index in [1.165, 1.54) is 13.2 Å². The first-order valence-electron chi connectivity index (χ1n) is 5.83. The van der Waals surface area contributed by atoms with Gasteiger partial charge in [-0.15, -0.1) is 0 Å². The van der Waals surface area contributed by atoms with Crippen LogP contribution in [0.3, 0.4) is 0 Å². The third kappa shape index (κ3) is 4.56. The highest BCUT2D eigenvalue weighted by atomic mass is 16.5. The summed E-state index contributed by atoms with van der Waals surface area (Å²) in [6.45, 7) is 4.68. The van der Waals surface area contributed by atoms with Crippen LogP contribution >= 0.6 is 0 Å². The standard InChI is InChI=1S/C12H19BO5/c1-9(2)17-6-7-18-12-5-4-10(16-3)8-11(12)13(14)15/h4-5,8-9,14-15H,6-7H2,1-3H3. The first-order chi connectivity index (χ1) is 8.54. The molecule has 0 aromatic heterocycles. The molecule has 0 aliphatic heterocycles. The SMILES string of the molecule is COc1ccc(OCCOC(C)C)c(B(O)O)c1. The molecule has 0 saturated carbocycles. The maximum Gasteiger partial charge on any atom is 0.492 e. The van der Waals surface area contributed by atoms with Gasteiger partial charge in [0.15, 0.2) is 0 Å². The molecular formula is C12H19BO5. The molecule has 0 spiro atoms. The first-order valence-corrected chi connectivity index (χ1v) is 5.83. The first kappa shape index (κ1) is 14.8. The molecule has 1 rings (SSSR count). The van der Waals surface area contributed by atoms with Crippen LogP contribution in [0.1, 0.15) is 13.8 Å². The monoisotopic (exact) mass is 254 g/mol. The van der Waals surface area contributed by atoms with E-state index in [0.29, 0.717) is 24.7 Å². The zero-order valence-electron chi connectivity index (χ0n) is 10.9. The molecule has 18 heavy (non-hydrogen) atoms. The largest absolute Gasteiger partial charge is 0.497 e. The second kappa shape index (κ2) is 7.26. The quantitative estimate of drug-likeness (QED) is 0.536. The lowest BCUT2D eigenvalue weighted by Gasteiger charge is -2.13. The van der Waals surface area contributed by atoms with Gasteiger partial charge in [0.2, 0.25) is 0 Å². The van der Waals surface area contributed by atoms with Crippen LogP contribution in [0.5, 0.6) is 11.5 Å². The highest BCUT2D eigenvalue weighted by molar-refractivity contribution is 6.59. The maximum absolute atomic E-state index is 9.26. The van der Waals surface area contributed by atoms with Gasteiger partial charge in [-0.1, -0.05) is 0 Å². The Bertz CT molecular complexity index is 367. The summed E-state index contributed by atoms with van der Waals surface area (Å²) in [6.07, 6.45) is 0.146. The van der Waals surface area contributed by atoms with Gasteiger partial charge in [-0.05, 0) is 32.0 Å². The summed E-state index contributed by atoms with van der Waals surface area (Å²) in [5, 5.41) is 18.5. The van der Waals surface area contributed by atoms with Gasteiger partial charge in [0.05, 0.1) is 19.8 Å². The van der Waals surface area contributed by atoms with Gasteiger partial charge in [0.25, 0.3) is 0 Å². The third-order valence-electron chi connectivity index (χ3n) is 2.29. The normalized spacial score (nSPS) is 10.6. The van der Waals surface area contributed by atoms with E-state index in [1.807, 2.05) is 13.8 Å². The van der Waals surface area contributed by atoms with Crippen LogP contribution in [0.2, 0.25) is 0 Å². The average molecular weight is 254 g/mol. The van der Waals surface area contributed by atoms with E-state index in [1.54, 1.807) is 12.1 Å². The molecule has 0 fully saturated rings. The van der Waals surface area contributed by atoms with Gasteiger partial charge in [-0.2, -0.15) is 0 Å². The lowest BCUT2D eigenvalue weighted by Crippen LogP contribution is -2.32. The zero-order chi connectivity index (χ0) is 13.5. The Kier molecular flexibility index (Phi) is 5.98. The molecule has 1 aromatic rings. The van der Waals surface area contributed by atoms with E-state index < -0.39 is 7.12 Å². The summed E-state index contributed by atoms with van der Waals surface area (Å²) >= 11 is 0. The molecule has 6 heteroatoms. The van der Waals surface area contributed by atoms with Crippen molar-refractivity contribution in [2.45, 2.75) is 20.0 Å². The Labute approximate surface area is 107 Å². The number of ether oxygens (including phenoxy) is 3. The molecule has 0 atom stereocenters. The summed E-state index contributed by atoms with van der Waals surface area (Å²) in [5.41, 5.74) is 0.277. The third-order valence-corrected chi connectivity index (χ3v) is 2.29. The Morgan fingerprint density at radius 1 is 1.22 bits per heavy atom. The maximum atomic E-state index is 9.26. The van der Waals surface area contributed by atoms with E-state index in [-0.39, 0.29) is 11.6 Å². The van der Waals surface area contributed by atoms with Gasteiger partial charge in [0, 0.05) is 5.46 Å². The van der Waals surface area contributed by atoms with Crippen molar-refractivity contribution in [1.82, 2.24) is 0 Å². The molecular weight excluding hydrogens is 235 g/mol. The summed E-state index contributed by atoms with van der Waals surface area (Å²) < 4.78 is 15.8. The predicted molar refractivity (Wildman–Crippen MR) is 69.4 cm³/mol. The molecule has 0 heterocycles. The van der Waals surface area contributed by atoms with Crippen molar-refractivity contribution in [1.29, 1.82) is 0 Å². The lowest BCUT2D eigenvalue weighted by molar-refractivity contribution is 0.0554. The minimum Gasteiger partial charge on any atom is -0.497 e. The van der Waals surface area contributed by atoms with E-state index in [0.717, 1.165) is 0 Å². The number of hydrogen-bond acceptors (Lipinski definition) is 5.